The lowest BCUT2D eigenvalue weighted by molar-refractivity contribution is -0.187. The molecule has 0 bridgehead atoms. The number of anilines is 2. The van der Waals surface area contributed by atoms with Gasteiger partial charge in [0.25, 0.3) is 0 Å². The number of rotatable bonds is 13. The largest absolute Gasteiger partial charge is 0.480 e. The van der Waals surface area contributed by atoms with Gasteiger partial charge in [-0.05, 0) is 68.8 Å². The summed E-state index contributed by atoms with van der Waals surface area (Å²) >= 11 is 0. The Balaban J connectivity index is 1.17. The van der Waals surface area contributed by atoms with E-state index in [1.54, 1.807) is 0 Å². The van der Waals surface area contributed by atoms with Crippen LogP contribution in [0.5, 0.6) is 0 Å². The third-order valence-corrected chi connectivity index (χ3v) is 7.25. The molecule has 0 radical (unpaired) electrons. The number of nitrogens with zero attached hydrogens (tertiary/aromatic N) is 4. The van der Waals surface area contributed by atoms with E-state index in [1.807, 2.05) is 24.3 Å². The molecule has 4 heterocycles. The summed E-state index contributed by atoms with van der Waals surface area (Å²) in [5.74, 6) is 0.587. The quantitative estimate of drug-likeness (QED) is 0.249. The molecule has 10 nitrogen and oxygen atoms in total. The van der Waals surface area contributed by atoms with E-state index in [4.69, 9.17) is 9.72 Å². The molecule has 5 rings (SSSR count). The molecule has 2 aliphatic heterocycles. The topological polar surface area (TPSA) is 133 Å². The maximum absolute atomic E-state index is 12.1. The van der Waals surface area contributed by atoms with Crippen molar-refractivity contribution in [1.29, 1.82) is 0 Å². The maximum atomic E-state index is 12.1. The van der Waals surface area contributed by atoms with Crippen molar-refractivity contribution in [3.8, 4) is 0 Å². The van der Waals surface area contributed by atoms with Crippen LogP contribution in [0.2, 0.25) is 0 Å². The molecule has 1 saturated heterocycles. The van der Waals surface area contributed by atoms with Gasteiger partial charge in [0, 0.05) is 30.7 Å². The minimum absolute atomic E-state index is 0.309. The third kappa shape index (κ3) is 6.56. The van der Waals surface area contributed by atoms with Crippen LogP contribution in [-0.4, -0.2) is 87.1 Å². The minimum atomic E-state index is -0.939. The highest BCUT2D eigenvalue weighted by Gasteiger charge is 2.37. The Hall–Kier alpha value is -3.34. The summed E-state index contributed by atoms with van der Waals surface area (Å²) in [6.45, 7) is 3.33. The number of benzene rings is 1. The zero-order valence-corrected chi connectivity index (χ0v) is 21.6. The molecule has 2 aromatic heterocycles. The Kier molecular flexibility index (Phi) is 8.31. The van der Waals surface area contributed by atoms with Crippen LogP contribution < -0.4 is 10.6 Å². The molecule has 0 spiro atoms. The molecule has 4 N–H and O–H groups in total. The van der Waals surface area contributed by atoms with Crippen LogP contribution in [-0.2, 0) is 22.4 Å². The van der Waals surface area contributed by atoms with Gasteiger partial charge in [-0.15, -0.1) is 0 Å². The van der Waals surface area contributed by atoms with Gasteiger partial charge in [0.1, 0.15) is 29.6 Å². The highest BCUT2D eigenvalue weighted by molar-refractivity contribution is 5.90. The fourth-order valence-corrected chi connectivity index (χ4v) is 5.12. The summed E-state index contributed by atoms with van der Waals surface area (Å²) in [6, 6.07) is 11.0. The lowest BCUT2D eigenvalue weighted by Crippen LogP contribution is -2.57. The number of aromatic nitrogens is 3. The molecule has 10 heteroatoms. The molecule has 3 aromatic rings. The van der Waals surface area contributed by atoms with Gasteiger partial charge >= 0.3 is 5.97 Å². The third-order valence-electron chi connectivity index (χ3n) is 7.25. The monoisotopic (exact) mass is 520 g/mol. The summed E-state index contributed by atoms with van der Waals surface area (Å²) in [5, 5.41) is 27.9. The van der Waals surface area contributed by atoms with Crippen molar-refractivity contribution >= 4 is 28.5 Å². The summed E-state index contributed by atoms with van der Waals surface area (Å²) in [5.41, 5.74) is 2.26. The van der Waals surface area contributed by atoms with E-state index in [2.05, 4.69) is 37.6 Å². The number of carboxylic acids is 1. The number of carboxylic acid groups (broad SMARTS) is 1. The van der Waals surface area contributed by atoms with Gasteiger partial charge in [-0.2, -0.15) is 0 Å². The lowest BCUT2D eigenvalue weighted by Gasteiger charge is -2.40. The Morgan fingerprint density at radius 1 is 1.16 bits per heavy atom. The van der Waals surface area contributed by atoms with Crippen LogP contribution in [0.15, 0.2) is 42.7 Å². The number of carbonyl (C=O) groups is 1. The van der Waals surface area contributed by atoms with Gasteiger partial charge in [0.05, 0.1) is 18.7 Å². The first kappa shape index (κ1) is 26.3. The van der Waals surface area contributed by atoms with Gasteiger partial charge in [-0.25, -0.2) is 19.7 Å². The van der Waals surface area contributed by atoms with Gasteiger partial charge in [0.2, 0.25) is 0 Å². The van der Waals surface area contributed by atoms with Crippen LogP contribution in [0, 0.1) is 0 Å². The van der Waals surface area contributed by atoms with E-state index < -0.39 is 17.6 Å². The number of aryl methyl sites for hydroxylation is 2. The molecule has 1 fully saturated rings. The molecule has 1 atom stereocenters. The highest BCUT2D eigenvalue weighted by atomic mass is 16.5. The summed E-state index contributed by atoms with van der Waals surface area (Å²) in [6.07, 6.45) is 6.80. The second kappa shape index (κ2) is 12.0. The van der Waals surface area contributed by atoms with Crippen LogP contribution in [0.1, 0.15) is 36.9 Å². The Bertz CT molecular complexity index is 1250. The van der Waals surface area contributed by atoms with Gasteiger partial charge < -0.3 is 30.5 Å². The molecule has 202 valence electrons. The molecular formula is C28H36N6O4. The number of fused-ring (bicyclic) bond motifs is 2. The average Bonchev–Trinajstić information content (AvgIpc) is 2.92. The zero-order chi connectivity index (χ0) is 26.4. The number of pyridine rings is 1. The van der Waals surface area contributed by atoms with E-state index in [1.165, 1.54) is 11.9 Å². The second-order valence-corrected chi connectivity index (χ2v) is 10.4. The number of aliphatic carboxylic acids is 1. The SMILES string of the molecule is O=C(O)C(CCN(CCCCc1ccc2c(n1)NCCC2)CC1(O)COC1)Nc1ncnc2ccccc12. The number of aliphatic hydroxyl groups is 1. The Morgan fingerprint density at radius 3 is 2.84 bits per heavy atom. The van der Waals surface area contributed by atoms with Gasteiger partial charge in [-0.3, -0.25) is 0 Å². The van der Waals surface area contributed by atoms with Crippen molar-refractivity contribution in [3.63, 3.8) is 0 Å². The standard InChI is InChI=1S/C28H36N6O4/c35-27(36)24(33-26-22-8-1-2-9-23(22)30-19-31-26)12-15-34(16-28(37)17-38-18-28)14-4-3-7-21-11-10-20-6-5-13-29-25(20)32-21/h1-2,8-11,19,24,37H,3-7,12-18H2,(H,29,32)(H,35,36)(H,30,31,33). The summed E-state index contributed by atoms with van der Waals surface area (Å²) in [7, 11) is 0. The van der Waals surface area contributed by atoms with Gasteiger partial charge in [0.15, 0.2) is 0 Å². The number of para-hydroxylation sites is 1. The molecule has 38 heavy (non-hydrogen) atoms. The number of hydrogen-bond acceptors (Lipinski definition) is 9. The molecule has 1 unspecified atom stereocenters. The van der Waals surface area contributed by atoms with Crippen LogP contribution in [0.25, 0.3) is 10.9 Å². The van der Waals surface area contributed by atoms with Crippen LogP contribution in [0.3, 0.4) is 0 Å². The molecule has 2 aliphatic rings. The van der Waals surface area contributed by atoms with E-state index in [9.17, 15) is 15.0 Å². The van der Waals surface area contributed by atoms with Crippen molar-refractivity contribution in [2.75, 3.05) is 50.0 Å². The van der Waals surface area contributed by atoms with Crippen molar-refractivity contribution in [1.82, 2.24) is 19.9 Å². The molecule has 0 aliphatic carbocycles. The predicted molar refractivity (Wildman–Crippen MR) is 145 cm³/mol. The fraction of sp³-hybridized carbons (Fsp3) is 0.500. The predicted octanol–water partition coefficient (Wildman–Crippen LogP) is 2.72. The first-order valence-corrected chi connectivity index (χ1v) is 13.4. The maximum Gasteiger partial charge on any atom is 0.326 e. The van der Waals surface area contributed by atoms with E-state index in [0.29, 0.717) is 38.5 Å². The summed E-state index contributed by atoms with van der Waals surface area (Å²) in [4.78, 5) is 27.6. The Labute approximate surface area is 222 Å². The minimum Gasteiger partial charge on any atom is -0.480 e. The van der Waals surface area contributed by atoms with Crippen molar-refractivity contribution in [3.05, 3.63) is 54.0 Å². The fourth-order valence-electron chi connectivity index (χ4n) is 5.12. The lowest BCUT2D eigenvalue weighted by atomic mass is 10.0. The first-order chi connectivity index (χ1) is 18.5. The number of hydrogen-bond donors (Lipinski definition) is 4. The van der Waals surface area contributed by atoms with Crippen LogP contribution >= 0.6 is 0 Å². The molecular weight excluding hydrogens is 484 g/mol. The number of unbranched alkanes of at least 4 members (excludes halogenated alkanes) is 1. The second-order valence-electron chi connectivity index (χ2n) is 10.4. The smallest absolute Gasteiger partial charge is 0.326 e. The van der Waals surface area contributed by atoms with Crippen LogP contribution in [0.4, 0.5) is 11.6 Å². The highest BCUT2D eigenvalue weighted by Crippen LogP contribution is 2.23. The average molecular weight is 521 g/mol. The van der Waals surface area contributed by atoms with E-state index in [0.717, 1.165) is 67.6 Å². The molecule has 1 aromatic carbocycles. The van der Waals surface area contributed by atoms with Gasteiger partial charge in [-0.1, -0.05) is 18.2 Å². The van der Waals surface area contributed by atoms with E-state index >= 15 is 0 Å². The zero-order valence-electron chi connectivity index (χ0n) is 21.6. The van der Waals surface area contributed by atoms with Crippen molar-refractivity contribution in [2.45, 2.75) is 50.2 Å². The molecule has 0 saturated carbocycles. The number of nitrogens with one attached hydrogen (secondary N) is 2. The van der Waals surface area contributed by atoms with Crippen molar-refractivity contribution < 1.29 is 19.7 Å². The van der Waals surface area contributed by atoms with E-state index in [-0.39, 0.29) is 0 Å². The van der Waals surface area contributed by atoms with Crippen molar-refractivity contribution in [2.24, 2.45) is 0 Å². The summed E-state index contributed by atoms with van der Waals surface area (Å²) < 4.78 is 5.24. The Morgan fingerprint density at radius 2 is 2.03 bits per heavy atom. The normalized spacial score (nSPS) is 16.9. The number of ether oxygens (including phenoxy) is 1. The first-order valence-electron chi connectivity index (χ1n) is 13.4. The molecule has 0 amide bonds.